The molecule has 2 fully saturated rings. The van der Waals surface area contributed by atoms with Crippen molar-refractivity contribution in [3.05, 3.63) is 0 Å². The molecule has 0 aromatic heterocycles. The summed E-state index contributed by atoms with van der Waals surface area (Å²) in [5.41, 5.74) is 0.417. The number of amidine groups is 1. The van der Waals surface area contributed by atoms with Crippen LogP contribution < -0.4 is 5.32 Å². The van der Waals surface area contributed by atoms with Gasteiger partial charge in [0.05, 0.1) is 0 Å². The zero-order valence-electron chi connectivity index (χ0n) is 12.2. The number of thioether (sulfide) groups is 2. The van der Waals surface area contributed by atoms with Gasteiger partial charge < -0.3 is 5.32 Å². The van der Waals surface area contributed by atoms with Gasteiger partial charge in [-0.15, -0.1) is 0 Å². The summed E-state index contributed by atoms with van der Waals surface area (Å²) in [6.07, 6.45) is 14.5. The van der Waals surface area contributed by atoms with Crippen LogP contribution in [0.3, 0.4) is 0 Å². The quantitative estimate of drug-likeness (QED) is 0.709. The maximum atomic E-state index is 4.75. The maximum absolute atomic E-state index is 4.75. The number of nitrogens with one attached hydrogen (secondary N) is 1. The second-order valence-corrected chi connectivity index (χ2v) is 7.80. The van der Waals surface area contributed by atoms with Crippen molar-refractivity contribution in [1.29, 1.82) is 0 Å². The van der Waals surface area contributed by atoms with Gasteiger partial charge >= 0.3 is 0 Å². The molecule has 4 heteroatoms. The molecule has 1 aliphatic heterocycles. The molecular formula is C15H28N2S2. The Morgan fingerprint density at radius 3 is 2.74 bits per heavy atom. The highest BCUT2D eigenvalue weighted by atomic mass is 32.2. The molecule has 19 heavy (non-hydrogen) atoms. The Labute approximate surface area is 127 Å². The van der Waals surface area contributed by atoms with Gasteiger partial charge in [0.25, 0.3) is 0 Å². The first-order valence-corrected chi connectivity index (χ1v) is 10.2. The van der Waals surface area contributed by atoms with Crippen LogP contribution >= 0.6 is 23.5 Å². The molecule has 0 atom stereocenters. The molecule has 1 heterocycles. The van der Waals surface area contributed by atoms with Gasteiger partial charge in [0.2, 0.25) is 0 Å². The van der Waals surface area contributed by atoms with Crippen molar-refractivity contribution in [2.24, 2.45) is 4.99 Å². The average molecular weight is 301 g/mol. The van der Waals surface area contributed by atoms with E-state index >= 15 is 0 Å². The summed E-state index contributed by atoms with van der Waals surface area (Å²) in [5, 5.41) is 4.95. The third-order valence-electron chi connectivity index (χ3n) is 4.18. The van der Waals surface area contributed by atoms with Crippen LogP contribution in [-0.2, 0) is 0 Å². The molecule has 0 bridgehead atoms. The zero-order valence-corrected chi connectivity index (χ0v) is 13.9. The Morgan fingerprint density at radius 1 is 1.16 bits per heavy atom. The number of hydrogen-bond donors (Lipinski definition) is 1. The minimum absolute atomic E-state index is 0.417. The van der Waals surface area contributed by atoms with E-state index < -0.39 is 0 Å². The predicted octanol–water partition coefficient (Wildman–Crippen LogP) is 4.31. The van der Waals surface area contributed by atoms with Crippen molar-refractivity contribution in [3.63, 3.8) is 0 Å². The molecule has 1 spiro atoms. The number of nitrogens with zero attached hydrogens (tertiary/aromatic N) is 1. The van der Waals surface area contributed by atoms with Crippen molar-refractivity contribution < 1.29 is 0 Å². The molecule has 0 unspecified atom stereocenters. The Bertz CT molecular complexity index is 286. The van der Waals surface area contributed by atoms with E-state index in [1.165, 1.54) is 74.5 Å². The van der Waals surface area contributed by atoms with Gasteiger partial charge in [0, 0.05) is 17.8 Å². The van der Waals surface area contributed by atoms with Crippen molar-refractivity contribution >= 4 is 28.7 Å². The van der Waals surface area contributed by atoms with Crippen LogP contribution in [0.15, 0.2) is 4.99 Å². The lowest BCUT2D eigenvalue weighted by atomic mass is 9.83. The van der Waals surface area contributed by atoms with E-state index in [4.69, 9.17) is 4.99 Å². The molecule has 0 amide bonds. The van der Waals surface area contributed by atoms with Gasteiger partial charge in [-0.3, -0.25) is 4.99 Å². The fourth-order valence-electron chi connectivity index (χ4n) is 2.98. The van der Waals surface area contributed by atoms with Crippen LogP contribution in [0.4, 0.5) is 0 Å². The predicted molar refractivity (Wildman–Crippen MR) is 90.6 cm³/mol. The van der Waals surface area contributed by atoms with Gasteiger partial charge in [-0.25, -0.2) is 0 Å². The first-order chi connectivity index (χ1) is 9.35. The maximum Gasteiger partial charge on any atom is 0.157 e. The monoisotopic (exact) mass is 300 g/mol. The van der Waals surface area contributed by atoms with Crippen LogP contribution in [0.1, 0.15) is 57.8 Å². The molecule has 1 N–H and O–H groups in total. The van der Waals surface area contributed by atoms with Crippen LogP contribution in [0.25, 0.3) is 0 Å². The summed E-state index contributed by atoms with van der Waals surface area (Å²) >= 11 is 3.91. The van der Waals surface area contributed by atoms with E-state index in [1.54, 1.807) is 0 Å². The molecular weight excluding hydrogens is 272 g/mol. The van der Waals surface area contributed by atoms with Crippen molar-refractivity contribution in [2.45, 2.75) is 63.3 Å². The lowest BCUT2D eigenvalue weighted by molar-refractivity contribution is 0.303. The fraction of sp³-hybridized carbons (Fsp3) is 0.933. The van der Waals surface area contributed by atoms with E-state index in [2.05, 4.69) is 11.6 Å². The second-order valence-electron chi connectivity index (χ2n) is 5.85. The number of unbranched alkanes of at least 4 members (excludes halogenated alkanes) is 3. The highest BCUT2D eigenvalue weighted by Crippen LogP contribution is 2.36. The largest absolute Gasteiger partial charge is 0.359 e. The average Bonchev–Trinajstić information content (AvgIpc) is 2.81. The Balaban J connectivity index is 1.59. The molecule has 110 valence electrons. The summed E-state index contributed by atoms with van der Waals surface area (Å²) in [6, 6.07) is 0. The van der Waals surface area contributed by atoms with Gasteiger partial charge in [-0.05, 0) is 37.7 Å². The molecule has 0 aromatic carbocycles. The Hall–Kier alpha value is 0.170. The van der Waals surface area contributed by atoms with E-state index in [0.29, 0.717) is 5.54 Å². The normalized spacial score (nSPS) is 23.9. The minimum Gasteiger partial charge on any atom is -0.359 e. The summed E-state index contributed by atoms with van der Waals surface area (Å²) in [6.45, 7) is 1.02. The number of aliphatic imine (C=N–C) groups is 1. The topological polar surface area (TPSA) is 24.4 Å². The van der Waals surface area contributed by atoms with Crippen LogP contribution in [0.2, 0.25) is 0 Å². The van der Waals surface area contributed by atoms with E-state index in [0.717, 1.165) is 6.54 Å². The molecule has 0 aromatic rings. The molecule has 1 saturated carbocycles. The Morgan fingerprint density at radius 2 is 1.95 bits per heavy atom. The van der Waals surface area contributed by atoms with Gasteiger partial charge in [0.1, 0.15) is 0 Å². The van der Waals surface area contributed by atoms with Crippen LogP contribution in [0, 0.1) is 0 Å². The van der Waals surface area contributed by atoms with E-state index in [9.17, 15) is 0 Å². The summed E-state index contributed by atoms with van der Waals surface area (Å²) in [5.74, 6) is 2.56. The second kappa shape index (κ2) is 8.46. The highest BCUT2D eigenvalue weighted by Gasteiger charge is 2.37. The SMILES string of the molecule is CSCCCCCCN=C1NC2(CCCCC2)CS1. The standard InChI is InChI=1S/C15H28N2S2/c1-18-12-8-3-2-7-11-16-14-17-15(13-19-14)9-5-4-6-10-15/h2-13H2,1H3,(H,16,17). The van der Waals surface area contributed by atoms with Gasteiger partial charge in [-0.1, -0.05) is 43.9 Å². The molecule has 2 rings (SSSR count). The summed E-state index contributed by atoms with van der Waals surface area (Å²) < 4.78 is 0. The molecule has 2 nitrogen and oxygen atoms in total. The molecule has 1 saturated heterocycles. The third kappa shape index (κ3) is 5.22. The van der Waals surface area contributed by atoms with Crippen molar-refractivity contribution in [1.82, 2.24) is 5.32 Å². The lowest BCUT2D eigenvalue weighted by Crippen LogP contribution is -2.45. The van der Waals surface area contributed by atoms with Crippen LogP contribution in [0.5, 0.6) is 0 Å². The number of hydrogen-bond acceptors (Lipinski definition) is 3. The van der Waals surface area contributed by atoms with E-state index in [-0.39, 0.29) is 0 Å². The van der Waals surface area contributed by atoms with Crippen molar-refractivity contribution in [3.8, 4) is 0 Å². The molecule has 0 radical (unpaired) electrons. The van der Waals surface area contributed by atoms with Gasteiger partial charge in [0.15, 0.2) is 5.17 Å². The number of rotatable bonds is 7. The Kier molecular flexibility index (Phi) is 6.92. The molecule has 1 aliphatic carbocycles. The van der Waals surface area contributed by atoms with E-state index in [1.807, 2.05) is 23.5 Å². The van der Waals surface area contributed by atoms with Gasteiger partial charge in [-0.2, -0.15) is 11.8 Å². The molecule has 2 aliphatic rings. The van der Waals surface area contributed by atoms with Crippen molar-refractivity contribution in [2.75, 3.05) is 24.3 Å². The third-order valence-corrected chi connectivity index (χ3v) is 6.08. The summed E-state index contributed by atoms with van der Waals surface area (Å²) in [7, 11) is 0. The smallest absolute Gasteiger partial charge is 0.157 e. The minimum atomic E-state index is 0.417. The summed E-state index contributed by atoms with van der Waals surface area (Å²) in [4.78, 5) is 4.75. The highest BCUT2D eigenvalue weighted by molar-refractivity contribution is 8.14. The zero-order chi connectivity index (χ0) is 13.4. The lowest BCUT2D eigenvalue weighted by Gasteiger charge is -2.32. The fourth-order valence-corrected chi connectivity index (χ4v) is 4.72. The van der Waals surface area contributed by atoms with Crippen LogP contribution in [-0.4, -0.2) is 35.0 Å². The first kappa shape index (κ1) is 15.6. The first-order valence-electron chi connectivity index (χ1n) is 7.79.